The lowest BCUT2D eigenvalue weighted by atomic mass is 9.83. The van der Waals surface area contributed by atoms with Crippen molar-refractivity contribution in [3.63, 3.8) is 0 Å². The lowest BCUT2D eigenvalue weighted by Gasteiger charge is -2.26. The fraction of sp³-hybridized carbons (Fsp3) is 1.00. The lowest BCUT2D eigenvalue weighted by molar-refractivity contribution is 0.290. The van der Waals surface area contributed by atoms with Gasteiger partial charge in [0.25, 0.3) is 0 Å². The molecule has 0 aromatic rings. The first-order valence-electron chi connectivity index (χ1n) is 3.80. The molecular formula is C8H16S. The molecule has 0 heterocycles. The molecule has 0 aliphatic heterocycles. The SMILES string of the molecule is CC1CCCC1(C)CS. The van der Waals surface area contributed by atoms with Gasteiger partial charge in [-0.05, 0) is 23.5 Å². The van der Waals surface area contributed by atoms with Crippen molar-refractivity contribution >= 4 is 12.6 Å². The molecule has 1 fully saturated rings. The maximum Gasteiger partial charge on any atom is -0.00413 e. The second-order valence-electron chi connectivity index (χ2n) is 3.61. The molecule has 54 valence electrons. The Kier molecular flexibility index (Phi) is 2.10. The van der Waals surface area contributed by atoms with Gasteiger partial charge < -0.3 is 0 Å². The van der Waals surface area contributed by atoms with E-state index in [2.05, 4.69) is 26.5 Å². The standard InChI is InChI=1S/C8H16S/c1-7-4-3-5-8(7,2)6-9/h7,9H,3-6H2,1-2H3. The number of rotatable bonds is 1. The van der Waals surface area contributed by atoms with Crippen LogP contribution < -0.4 is 0 Å². The average molecular weight is 144 g/mol. The van der Waals surface area contributed by atoms with Gasteiger partial charge in [-0.2, -0.15) is 12.6 Å². The largest absolute Gasteiger partial charge is 0.179 e. The van der Waals surface area contributed by atoms with Gasteiger partial charge in [0.1, 0.15) is 0 Å². The predicted octanol–water partition coefficient (Wildman–Crippen LogP) is 2.74. The molecule has 0 amide bonds. The second kappa shape index (κ2) is 2.53. The van der Waals surface area contributed by atoms with Crippen molar-refractivity contribution in [2.45, 2.75) is 33.1 Å². The quantitative estimate of drug-likeness (QED) is 0.537. The summed E-state index contributed by atoms with van der Waals surface area (Å²) >= 11 is 4.36. The van der Waals surface area contributed by atoms with Gasteiger partial charge in [0.05, 0.1) is 0 Å². The first-order valence-corrected chi connectivity index (χ1v) is 4.43. The zero-order chi connectivity index (χ0) is 6.91. The van der Waals surface area contributed by atoms with E-state index >= 15 is 0 Å². The van der Waals surface area contributed by atoms with Gasteiger partial charge in [-0.15, -0.1) is 0 Å². The smallest absolute Gasteiger partial charge is 0.00413 e. The van der Waals surface area contributed by atoms with E-state index in [-0.39, 0.29) is 0 Å². The summed E-state index contributed by atoms with van der Waals surface area (Å²) in [6.07, 6.45) is 4.22. The van der Waals surface area contributed by atoms with E-state index in [4.69, 9.17) is 0 Å². The molecule has 1 aliphatic rings. The van der Waals surface area contributed by atoms with Crippen LogP contribution in [0.25, 0.3) is 0 Å². The number of hydrogen-bond donors (Lipinski definition) is 1. The maximum absolute atomic E-state index is 4.36. The van der Waals surface area contributed by atoms with E-state index in [9.17, 15) is 0 Å². The van der Waals surface area contributed by atoms with Crippen molar-refractivity contribution in [1.82, 2.24) is 0 Å². The maximum atomic E-state index is 4.36. The Balaban J connectivity index is 2.56. The van der Waals surface area contributed by atoms with Crippen LogP contribution in [0.5, 0.6) is 0 Å². The molecule has 0 N–H and O–H groups in total. The fourth-order valence-electron chi connectivity index (χ4n) is 1.64. The van der Waals surface area contributed by atoms with Crippen molar-refractivity contribution in [2.75, 3.05) is 5.75 Å². The molecule has 2 unspecified atom stereocenters. The molecule has 0 saturated heterocycles. The van der Waals surface area contributed by atoms with Crippen molar-refractivity contribution in [3.8, 4) is 0 Å². The molecule has 0 aromatic heterocycles. The van der Waals surface area contributed by atoms with E-state index < -0.39 is 0 Å². The van der Waals surface area contributed by atoms with Gasteiger partial charge in [0.2, 0.25) is 0 Å². The van der Waals surface area contributed by atoms with Crippen LogP contribution in [0, 0.1) is 11.3 Å². The van der Waals surface area contributed by atoms with Crippen molar-refractivity contribution in [1.29, 1.82) is 0 Å². The summed E-state index contributed by atoms with van der Waals surface area (Å²) in [5, 5.41) is 0. The molecule has 0 spiro atoms. The minimum Gasteiger partial charge on any atom is -0.179 e. The zero-order valence-electron chi connectivity index (χ0n) is 6.35. The third-order valence-electron chi connectivity index (χ3n) is 2.94. The Labute approximate surface area is 63.4 Å². The molecule has 1 heteroatoms. The van der Waals surface area contributed by atoms with E-state index in [0.717, 1.165) is 11.7 Å². The predicted molar refractivity (Wildman–Crippen MR) is 45.0 cm³/mol. The Bertz CT molecular complexity index is 101. The van der Waals surface area contributed by atoms with E-state index in [1.54, 1.807) is 0 Å². The van der Waals surface area contributed by atoms with Gasteiger partial charge >= 0.3 is 0 Å². The van der Waals surface area contributed by atoms with Crippen LogP contribution >= 0.6 is 12.6 Å². The van der Waals surface area contributed by atoms with Crippen LogP contribution in [0.3, 0.4) is 0 Å². The molecule has 1 saturated carbocycles. The molecule has 2 atom stereocenters. The Morgan fingerprint density at radius 1 is 1.67 bits per heavy atom. The molecule has 0 radical (unpaired) electrons. The third-order valence-corrected chi connectivity index (χ3v) is 3.66. The summed E-state index contributed by atoms with van der Waals surface area (Å²) < 4.78 is 0. The molecule has 0 bridgehead atoms. The molecular weight excluding hydrogens is 128 g/mol. The summed E-state index contributed by atoms with van der Waals surface area (Å²) in [6, 6.07) is 0. The van der Waals surface area contributed by atoms with Gasteiger partial charge in [-0.1, -0.05) is 26.7 Å². The van der Waals surface area contributed by atoms with Crippen molar-refractivity contribution < 1.29 is 0 Å². The van der Waals surface area contributed by atoms with Gasteiger partial charge in [0.15, 0.2) is 0 Å². The molecule has 0 nitrogen and oxygen atoms in total. The summed E-state index contributed by atoms with van der Waals surface area (Å²) in [5.74, 6) is 1.96. The number of thiol groups is 1. The van der Waals surface area contributed by atoms with Crippen LogP contribution in [0.2, 0.25) is 0 Å². The highest BCUT2D eigenvalue weighted by Gasteiger charge is 2.33. The van der Waals surface area contributed by atoms with Crippen LogP contribution in [0.15, 0.2) is 0 Å². The van der Waals surface area contributed by atoms with Crippen molar-refractivity contribution in [3.05, 3.63) is 0 Å². The van der Waals surface area contributed by atoms with Crippen LogP contribution in [-0.2, 0) is 0 Å². The third kappa shape index (κ3) is 1.26. The monoisotopic (exact) mass is 144 g/mol. The van der Waals surface area contributed by atoms with Crippen LogP contribution in [-0.4, -0.2) is 5.75 Å². The summed E-state index contributed by atoms with van der Waals surface area (Å²) in [7, 11) is 0. The highest BCUT2D eigenvalue weighted by molar-refractivity contribution is 7.80. The van der Waals surface area contributed by atoms with Crippen LogP contribution in [0.4, 0.5) is 0 Å². The molecule has 1 rings (SSSR count). The molecule has 1 aliphatic carbocycles. The van der Waals surface area contributed by atoms with Gasteiger partial charge in [-0.25, -0.2) is 0 Å². The van der Waals surface area contributed by atoms with Gasteiger partial charge in [0, 0.05) is 0 Å². The highest BCUT2D eigenvalue weighted by Crippen LogP contribution is 2.43. The summed E-state index contributed by atoms with van der Waals surface area (Å²) in [5.41, 5.74) is 0.559. The van der Waals surface area contributed by atoms with E-state index in [1.165, 1.54) is 19.3 Å². The minimum atomic E-state index is 0.559. The summed E-state index contributed by atoms with van der Waals surface area (Å²) in [4.78, 5) is 0. The Hall–Kier alpha value is 0.350. The topological polar surface area (TPSA) is 0 Å². The average Bonchev–Trinajstić information content (AvgIpc) is 2.15. The zero-order valence-corrected chi connectivity index (χ0v) is 7.25. The molecule has 0 aromatic carbocycles. The Morgan fingerprint density at radius 2 is 2.33 bits per heavy atom. The van der Waals surface area contributed by atoms with Crippen molar-refractivity contribution in [2.24, 2.45) is 11.3 Å². The minimum absolute atomic E-state index is 0.559. The normalized spacial score (nSPS) is 43.7. The first kappa shape index (κ1) is 7.46. The Morgan fingerprint density at radius 3 is 2.56 bits per heavy atom. The lowest BCUT2D eigenvalue weighted by Crippen LogP contribution is -2.20. The van der Waals surface area contributed by atoms with Gasteiger partial charge in [-0.3, -0.25) is 0 Å². The van der Waals surface area contributed by atoms with Crippen LogP contribution in [0.1, 0.15) is 33.1 Å². The van der Waals surface area contributed by atoms with E-state index in [0.29, 0.717) is 5.41 Å². The summed E-state index contributed by atoms with van der Waals surface area (Å²) in [6.45, 7) is 4.71. The first-order chi connectivity index (χ1) is 4.19. The van der Waals surface area contributed by atoms with E-state index in [1.807, 2.05) is 0 Å². The number of hydrogen-bond acceptors (Lipinski definition) is 1. The second-order valence-corrected chi connectivity index (χ2v) is 3.92. The highest BCUT2D eigenvalue weighted by atomic mass is 32.1. The molecule has 9 heavy (non-hydrogen) atoms. The fourth-order valence-corrected chi connectivity index (χ4v) is 2.11.